The van der Waals surface area contributed by atoms with Gasteiger partial charge in [-0.15, -0.1) is 16.4 Å². The third kappa shape index (κ3) is 4.03. The van der Waals surface area contributed by atoms with Gasteiger partial charge in [0, 0.05) is 11.3 Å². The van der Waals surface area contributed by atoms with Gasteiger partial charge in [-0.2, -0.15) is 0 Å². The van der Waals surface area contributed by atoms with Gasteiger partial charge in [0.1, 0.15) is 6.67 Å². The number of hydrogen-bond acceptors (Lipinski definition) is 7. The molecule has 0 spiro atoms. The second-order valence-corrected chi connectivity index (χ2v) is 8.92. The first-order valence-electron chi connectivity index (χ1n) is 8.13. The van der Waals surface area contributed by atoms with E-state index < -0.39 is 0 Å². The lowest BCUT2D eigenvalue weighted by Gasteiger charge is -2.08. The predicted octanol–water partition coefficient (Wildman–Crippen LogP) is 5.44. The summed E-state index contributed by atoms with van der Waals surface area (Å²) < 4.78 is 3.92. The maximum Gasteiger partial charge on any atom is 0.183 e. The molecule has 0 fully saturated rings. The lowest BCUT2D eigenvalue weighted by Crippen LogP contribution is -2.11. The Hall–Kier alpha value is -1.87. The van der Waals surface area contributed by atoms with E-state index >= 15 is 0 Å². The molecule has 0 saturated carbocycles. The third-order valence-electron chi connectivity index (χ3n) is 3.78. The van der Waals surface area contributed by atoms with E-state index in [1.165, 1.54) is 0 Å². The average Bonchev–Trinajstić information content (AvgIpc) is 3.28. The smallest absolute Gasteiger partial charge is 0.183 e. The summed E-state index contributed by atoms with van der Waals surface area (Å²) in [5.74, 6) is 1.63. The molecule has 0 aliphatic rings. The van der Waals surface area contributed by atoms with Gasteiger partial charge in [-0.3, -0.25) is 0 Å². The second-order valence-electron chi connectivity index (χ2n) is 5.56. The van der Waals surface area contributed by atoms with Crippen LogP contribution >= 0.6 is 46.3 Å². The summed E-state index contributed by atoms with van der Waals surface area (Å²) in [6, 6.07) is 11.4. The van der Waals surface area contributed by atoms with Crippen LogP contribution in [0.5, 0.6) is 0 Å². The van der Waals surface area contributed by atoms with Gasteiger partial charge >= 0.3 is 0 Å². The normalized spacial score (nSPS) is 11.2. The molecule has 0 unspecified atom stereocenters. The lowest BCUT2D eigenvalue weighted by molar-refractivity contribution is 0.640. The number of nitrogens with one attached hydrogen (secondary N) is 1. The van der Waals surface area contributed by atoms with Gasteiger partial charge in [-0.05, 0) is 52.6 Å². The Morgan fingerprint density at radius 3 is 2.85 bits per heavy atom. The Morgan fingerprint density at radius 2 is 2.04 bits per heavy atom. The third-order valence-corrected chi connectivity index (χ3v) is 6.56. The SMILES string of the molecule is CCSc1nc2ccc(NCn3nnnc3-c3ccc(Cl)c(Cl)c3)cc2s1. The number of benzene rings is 2. The number of hydrogen-bond donors (Lipinski definition) is 1. The number of aromatic nitrogens is 5. The first-order chi connectivity index (χ1) is 13.1. The van der Waals surface area contributed by atoms with E-state index in [1.54, 1.807) is 39.9 Å². The topological polar surface area (TPSA) is 68.5 Å². The van der Waals surface area contributed by atoms with Gasteiger partial charge in [0.15, 0.2) is 10.2 Å². The van der Waals surface area contributed by atoms with Crippen LogP contribution in [0.15, 0.2) is 40.7 Å². The summed E-state index contributed by atoms with van der Waals surface area (Å²) in [7, 11) is 0. The van der Waals surface area contributed by atoms with E-state index in [9.17, 15) is 0 Å². The van der Waals surface area contributed by atoms with Crippen LogP contribution in [0.25, 0.3) is 21.6 Å². The first kappa shape index (κ1) is 18.5. The molecule has 0 saturated heterocycles. The highest BCUT2D eigenvalue weighted by molar-refractivity contribution is 8.01. The molecule has 0 radical (unpaired) electrons. The van der Waals surface area contributed by atoms with Crippen molar-refractivity contribution in [2.75, 3.05) is 11.1 Å². The van der Waals surface area contributed by atoms with Crippen molar-refractivity contribution in [3.8, 4) is 11.4 Å². The molecule has 0 bridgehead atoms. The first-order valence-corrected chi connectivity index (χ1v) is 10.7. The molecule has 10 heteroatoms. The van der Waals surface area contributed by atoms with Gasteiger partial charge < -0.3 is 5.32 Å². The molecular weight excluding hydrogens is 423 g/mol. The highest BCUT2D eigenvalue weighted by Gasteiger charge is 2.11. The van der Waals surface area contributed by atoms with Crippen molar-refractivity contribution in [2.24, 2.45) is 0 Å². The molecule has 138 valence electrons. The van der Waals surface area contributed by atoms with Gasteiger partial charge in [0.2, 0.25) is 0 Å². The van der Waals surface area contributed by atoms with Crippen LogP contribution in [-0.4, -0.2) is 30.9 Å². The van der Waals surface area contributed by atoms with E-state index in [0.717, 1.165) is 31.6 Å². The molecule has 0 aliphatic heterocycles. The van der Waals surface area contributed by atoms with Crippen molar-refractivity contribution in [1.29, 1.82) is 0 Å². The van der Waals surface area contributed by atoms with E-state index in [2.05, 4.69) is 38.8 Å². The molecular formula is C17H14Cl2N6S2. The molecule has 2 aromatic carbocycles. The zero-order valence-corrected chi connectivity index (χ0v) is 17.3. The van der Waals surface area contributed by atoms with Crippen LogP contribution in [0.4, 0.5) is 5.69 Å². The summed E-state index contributed by atoms with van der Waals surface area (Å²) in [5.41, 5.74) is 2.80. The number of halogens is 2. The van der Waals surface area contributed by atoms with Crippen LogP contribution in [0.1, 0.15) is 6.92 Å². The molecule has 2 heterocycles. The fourth-order valence-corrected chi connectivity index (χ4v) is 4.82. The van der Waals surface area contributed by atoms with Gasteiger partial charge in [-0.1, -0.05) is 41.9 Å². The summed E-state index contributed by atoms with van der Waals surface area (Å²) in [5, 5.41) is 16.2. The Balaban J connectivity index is 1.53. The quantitative estimate of drug-likeness (QED) is 0.405. The second kappa shape index (κ2) is 8.02. The fraction of sp³-hybridized carbons (Fsp3) is 0.176. The van der Waals surface area contributed by atoms with Crippen LogP contribution in [0, 0.1) is 0 Å². The van der Waals surface area contributed by atoms with Crippen molar-refractivity contribution < 1.29 is 0 Å². The molecule has 0 aliphatic carbocycles. The zero-order valence-electron chi connectivity index (χ0n) is 14.2. The van der Waals surface area contributed by atoms with E-state index in [0.29, 0.717) is 22.5 Å². The van der Waals surface area contributed by atoms with Gasteiger partial charge in [0.25, 0.3) is 0 Å². The molecule has 0 atom stereocenters. The van der Waals surface area contributed by atoms with Gasteiger partial charge in [-0.25, -0.2) is 9.67 Å². The van der Waals surface area contributed by atoms with Crippen molar-refractivity contribution >= 4 is 62.2 Å². The standard InChI is InChI=1S/C17H14Cl2N6S2/c1-2-26-17-21-14-6-4-11(8-15(14)27-17)20-9-25-16(22-23-24-25)10-3-5-12(18)13(19)7-10/h3-8,20H,2,9H2,1H3. The maximum absolute atomic E-state index is 6.10. The van der Waals surface area contributed by atoms with Crippen molar-refractivity contribution in [3.63, 3.8) is 0 Å². The number of anilines is 1. The molecule has 6 nitrogen and oxygen atoms in total. The largest absolute Gasteiger partial charge is 0.366 e. The van der Waals surface area contributed by atoms with E-state index in [4.69, 9.17) is 23.2 Å². The van der Waals surface area contributed by atoms with Crippen LogP contribution < -0.4 is 5.32 Å². The molecule has 2 aromatic heterocycles. The molecule has 4 rings (SSSR count). The number of tetrazole rings is 1. The highest BCUT2D eigenvalue weighted by atomic mass is 35.5. The molecule has 27 heavy (non-hydrogen) atoms. The van der Waals surface area contributed by atoms with E-state index in [1.807, 2.05) is 18.2 Å². The number of thiazole rings is 1. The summed E-state index contributed by atoms with van der Waals surface area (Å²) in [6.45, 7) is 2.55. The van der Waals surface area contributed by atoms with Crippen molar-refractivity contribution in [3.05, 3.63) is 46.4 Å². The lowest BCUT2D eigenvalue weighted by atomic mass is 10.2. The Morgan fingerprint density at radius 1 is 1.15 bits per heavy atom. The highest BCUT2D eigenvalue weighted by Crippen LogP contribution is 2.31. The minimum atomic E-state index is 0.420. The molecule has 0 amide bonds. The van der Waals surface area contributed by atoms with Crippen LogP contribution in [0.2, 0.25) is 10.0 Å². The maximum atomic E-state index is 6.10. The Kier molecular flexibility index (Phi) is 5.49. The molecule has 1 N–H and O–H groups in total. The summed E-state index contributed by atoms with van der Waals surface area (Å²) >= 11 is 15.5. The Bertz CT molecular complexity index is 1090. The van der Waals surface area contributed by atoms with Crippen LogP contribution in [0.3, 0.4) is 0 Å². The van der Waals surface area contributed by atoms with Crippen molar-refractivity contribution in [2.45, 2.75) is 17.9 Å². The van der Waals surface area contributed by atoms with Crippen molar-refractivity contribution in [1.82, 2.24) is 25.2 Å². The Labute approximate surface area is 173 Å². The molecule has 4 aromatic rings. The van der Waals surface area contributed by atoms with E-state index in [-0.39, 0.29) is 0 Å². The zero-order chi connectivity index (χ0) is 18.8. The predicted molar refractivity (Wildman–Crippen MR) is 113 cm³/mol. The van der Waals surface area contributed by atoms with Gasteiger partial charge in [0.05, 0.1) is 20.3 Å². The number of thioether (sulfide) groups is 1. The summed E-state index contributed by atoms with van der Waals surface area (Å²) in [6.07, 6.45) is 0. The number of fused-ring (bicyclic) bond motifs is 1. The minimum Gasteiger partial charge on any atom is -0.366 e. The van der Waals surface area contributed by atoms with Crippen LogP contribution in [-0.2, 0) is 6.67 Å². The number of nitrogens with zero attached hydrogens (tertiary/aromatic N) is 5. The fourth-order valence-electron chi connectivity index (χ4n) is 2.52. The minimum absolute atomic E-state index is 0.420. The monoisotopic (exact) mass is 436 g/mol. The number of rotatable bonds is 6. The summed E-state index contributed by atoms with van der Waals surface area (Å²) in [4.78, 5) is 4.62. The average molecular weight is 437 g/mol.